The number of aliphatic hydroxyl groups excluding tert-OH is 1. The van der Waals surface area contributed by atoms with E-state index < -0.39 is 0 Å². The molecule has 2 fully saturated rings. The summed E-state index contributed by atoms with van der Waals surface area (Å²) in [6, 6.07) is 0. The molecule has 19 heavy (non-hydrogen) atoms. The third-order valence-electron chi connectivity index (χ3n) is 4.63. The summed E-state index contributed by atoms with van der Waals surface area (Å²) in [7, 11) is 2.19. The second-order valence-electron chi connectivity index (χ2n) is 6.37. The van der Waals surface area contributed by atoms with Gasteiger partial charge in [0.05, 0.1) is 12.1 Å². The summed E-state index contributed by atoms with van der Waals surface area (Å²) in [6.45, 7) is 7.23. The number of ether oxygens (including phenoxy) is 1. The van der Waals surface area contributed by atoms with Crippen LogP contribution in [0.4, 0.5) is 0 Å². The normalized spacial score (nSPS) is 24.6. The van der Waals surface area contributed by atoms with Crippen LogP contribution in [0.5, 0.6) is 0 Å². The van der Waals surface area contributed by atoms with Gasteiger partial charge in [0.15, 0.2) is 0 Å². The number of nitrogens with one attached hydrogen (secondary N) is 1. The summed E-state index contributed by atoms with van der Waals surface area (Å²) in [5, 5.41) is 13.4. The molecule has 4 heteroatoms. The molecule has 1 saturated heterocycles. The molecule has 0 radical (unpaired) electrons. The number of aliphatic hydroxyl groups is 1. The van der Waals surface area contributed by atoms with Crippen LogP contribution in [0.2, 0.25) is 0 Å². The lowest BCUT2D eigenvalue weighted by Gasteiger charge is -2.38. The predicted molar refractivity (Wildman–Crippen MR) is 77.3 cm³/mol. The lowest BCUT2D eigenvalue weighted by Crippen LogP contribution is -2.57. The van der Waals surface area contributed by atoms with Crippen LogP contribution in [0.1, 0.15) is 32.6 Å². The fourth-order valence-electron chi connectivity index (χ4n) is 3.47. The molecule has 4 nitrogen and oxygen atoms in total. The van der Waals surface area contributed by atoms with Crippen molar-refractivity contribution in [2.24, 2.45) is 11.8 Å². The van der Waals surface area contributed by atoms with Crippen LogP contribution < -0.4 is 5.32 Å². The molecule has 0 spiro atoms. The van der Waals surface area contributed by atoms with E-state index in [0.717, 1.165) is 38.8 Å². The summed E-state index contributed by atoms with van der Waals surface area (Å²) in [6.07, 6.45) is 4.89. The predicted octanol–water partition coefficient (Wildman–Crippen LogP) is 1.10. The molecular formula is C15H30N2O2. The Morgan fingerprint density at radius 2 is 1.95 bits per heavy atom. The molecule has 1 aliphatic carbocycles. The van der Waals surface area contributed by atoms with Crippen molar-refractivity contribution < 1.29 is 9.84 Å². The maximum absolute atomic E-state index is 9.86. The zero-order valence-electron chi connectivity index (χ0n) is 12.5. The smallest absolute Gasteiger partial charge is 0.0628 e. The molecule has 0 aromatic carbocycles. The maximum atomic E-state index is 9.86. The van der Waals surface area contributed by atoms with E-state index in [1.165, 1.54) is 25.7 Å². The molecule has 1 unspecified atom stereocenters. The first-order valence-corrected chi connectivity index (χ1v) is 7.82. The van der Waals surface area contributed by atoms with Gasteiger partial charge in [-0.2, -0.15) is 0 Å². The Balaban J connectivity index is 1.84. The van der Waals surface area contributed by atoms with E-state index in [2.05, 4.69) is 24.2 Å². The number of hydrogen-bond donors (Lipinski definition) is 2. The lowest BCUT2D eigenvalue weighted by molar-refractivity contribution is 0.0449. The summed E-state index contributed by atoms with van der Waals surface area (Å²) in [4.78, 5) is 2.41. The van der Waals surface area contributed by atoms with Gasteiger partial charge in [0.25, 0.3) is 0 Å². The average molecular weight is 270 g/mol. The van der Waals surface area contributed by atoms with Crippen molar-refractivity contribution in [1.82, 2.24) is 10.2 Å². The molecular weight excluding hydrogens is 240 g/mol. The SMILES string of the molecule is CCNC(CO)(CN(C)CC1CCOCC1)C1CC1. The highest BCUT2D eigenvalue weighted by Crippen LogP contribution is 2.40. The van der Waals surface area contributed by atoms with E-state index in [4.69, 9.17) is 4.74 Å². The Labute approximate surface area is 117 Å². The highest BCUT2D eigenvalue weighted by Gasteiger charge is 2.44. The van der Waals surface area contributed by atoms with Crippen LogP contribution in [-0.4, -0.2) is 62.0 Å². The standard InChI is InChI=1S/C15H30N2O2/c1-3-16-15(12-18,14-4-5-14)11-17(2)10-13-6-8-19-9-7-13/h13-14,16,18H,3-12H2,1-2H3. The van der Waals surface area contributed by atoms with Crippen molar-refractivity contribution in [3.8, 4) is 0 Å². The van der Waals surface area contributed by atoms with Crippen LogP contribution in [0, 0.1) is 11.8 Å². The first-order valence-electron chi connectivity index (χ1n) is 7.82. The number of nitrogens with zero attached hydrogens (tertiary/aromatic N) is 1. The van der Waals surface area contributed by atoms with Gasteiger partial charge in [0.1, 0.15) is 0 Å². The summed E-state index contributed by atoms with van der Waals surface area (Å²) in [5.74, 6) is 1.42. The van der Waals surface area contributed by atoms with Crippen LogP contribution in [0.3, 0.4) is 0 Å². The molecule has 1 aliphatic heterocycles. The van der Waals surface area contributed by atoms with Crippen LogP contribution in [-0.2, 0) is 4.74 Å². The number of likely N-dealkylation sites (N-methyl/N-ethyl adjacent to an activating group) is 2. The van der Waals surface area contributed by atoms with E-state index in [9.17, 15) is 5.11 Å². The van der Waals surface area contributed by atoms with Gasteiger partial charge in [-0.1, -0.05) is 6.92 Å². The van der Waals surface area contributed by atoms with Crippen LogP contribution in [0.25, 0.3) is 0 Å². The molecule has 0 amide bonds. The number of rotatable bonds is 8. The van der Waals surface area contributed by atoms with E-state index in [-0.39, 0.29) is 12.1 Å². The van der Waals surface area contributed by atoms with Crippen LogP contribution in [0.15, 0.2) is 0 Å². The maximum Gasteiger partial charge on any atom is 0.0628 e. The van der Waals surface area contributed by atoms with Gasteiger partial charge < -0.3 is 20.1 Å². The minimum atomic E-state index is -0.0747. The topological polar surface area (TPSA) is 44.7 Å². The Bertz CT molecular complexity index is 265. The van der Waals surface area contributed by atoms with Crippen LogP contribution >= 0.6 is 0 Å². The Kier molecular flexibility index (Phi) is 5.63. The van der Waals surface area contributed by atoms with Gasteiger partial charge in [0.2, 0.25) is 0 Å². The van der Waals surface area contributed by atoms with Gasteiger partial charge in [0, 0.05) is 26.3 Å². The fourth-order valence-corrected chi connectivity index (χ4v) is 3.47. The molecule has 2 N–H and O–H groups in total. The Morgan fingerprint density at radius 1 is 1.26 bits per heavy atom. The van der Waals surface area contributed by atoms with Gasteiger partial charge in [-0.25, -0.2) is 0 Å². The Morgan fingerprint density at radius 3 is 2.47 bits per heavy atom. The Hall–Kier alpha value is -0.160. The first kappa shape index (κ1) is 15.2. The molecule has 112 valence electrons. The molecule has 1 saturated carbocycles. The van der Waals surface area contributed by atoms with Crippen molar-refractivity contribution in [2.75, 3.05) is 46.5 Å². The van der Waals surface area contributed by atoms with Gasteiger partial charge in [-0.05, 0) is 51.1 Å². The molecule has 2 rings (SSSR count). The highest BCUT2D eigenvalue weighted by molar-refractivity contribution is 5.02. The van der Waals surface area contributed by atoms with Crippen molar-refractivity contribution in [3.63, 3.8) is 0 Å². The quantitative estimate of drug-likeness (QED) is 0.693. The van der Waals surface area contributed by atoms with Crippen molar-refractivity contribution in [2.45, 2.75) is 38.1 Å². The third kappa shape index (κ3) is 4.15. The molecule has 1 atom stereocenters. The van der Waals surface area contributed by atoms with E-state index in [1.54, 1.807) is 0 Å². The van der Waals surface area contributed by atoms with E-state index in [1.807, 2.05) is 0 Å². The molecule has 1 heterocycles. The largest absolute Gasteiger partial charge is 0.394 e. The highest BCUT2D eigenvalue weighted by atomic mass is 16.5. The van der Waals surface area contributed by atoms with Crippen molar-refractivity contribution >= 4 is 0 Å². The monoisotopic (exact) mass is 270 g/mol. The fraction of sp³-hybridized carbons (Fsp3) is 1.00. The lowest BCUT2D eigenvalue weighted by atomic mass is 9.92. The zero-order valence-corrected chi connectivity index (χ0v) is 12.5. The minimum absolute atomic E-state index is 0.0747. The van der Waals surface area contributed by atoms with E-state index in [0.29, 0.717) is 5.92 Å². The third-order valence-corrected chi connectivity index (χ3v) is 4.63. The van der Waals surface area contributed by atoms with Crippen molar-refractivity contribution in [1.29, 1.82) is 0 Å². The van der Waals surface area contributed by atoms with Gasteiger partial charge in [-0.15, -0.1) is 0 Å². The number of hydrogen-bond acceptors (Lipinski definition) is 4. The summed E-state index contributed by atoms with van der Waals surface area (Å²) >= 11 is 0. The van der Waals surface area contributed by atoms with Gasteiger partial charge >= 0.3 is 0 Å². The van der Waals surface area contributed by atoms with Gasteiger partial charge in [-0.3, -0.25) is 0 Å². The van der Waals surface area contributed by atoms with E-state index >= 15 is 0 Å². The minimum Gasteiger partial charge on any atom is -0.394 e. The molecule has 0 aromatic heterocycles. The second-order valence-corrected chi connectivity index (χ2v) is 6.37. The average Bonchev–Trinajstić information content (AvgIpc) is 3.24. The molecule has 0 aromatic rings. The zero-order chi connectivity index (χ0) is 13.7. The second kappa shape index (κ2) is 7.02. The van der Waals surface area contributed by atoms with Crippen molar-refractivity contribution in [3.05, 3.63) is 0 Å². The first-order chi connectivity index (χ1) is 9.20. The summed E-state index contributed by atoms with van der Waals surface area (Å²) < 4.78 is 5.42. The molecule has 0 bridgehead atoms. The summed E-state index contributed by atoms with van der Waals surface area (Å²) in [5.41, 5.74) is -0.0747. The molecule has 2 aliphatic rings.